The molecule has 0 aromatic heterocycles. The first-order valence-electron chi connectivity index (χ1n) is 7.63. The molecular weight excluding hydrogens is 238 g/mol. The molecule has 3 nitrogen and oxygen atoms in total. The van der Waals surface area contributed by atoms with Crippen LogP contribution in [0.15, 0.2) is 0 Å². The first kappa shape index (κ1) is 14.5. The van der Waals surface area contributed by atoms with Crippen molar-refractivity contribution in [2.24, 2.45) is 35.0 Å². The van der Waals surface area contributed by atoms with Crippen LogP contribution < -0.4 is 5.32 Å². The Morgan fingerprint density at radius 2 is 1.84 bits per heavy atom. The summed E-state index contributed by atoms with van der Waals surface area (Å²) in [6.07, 6.45) is 3.51. The molecule has 0 spiro atoms. The predicted octanol–water partition coefficient (Wildman–Crippen LogP) is 2.99. The molecule has 108 valence electrons. The minimum Gasteiger partial charge on any atom is -0.296 e. The summed E-state index contributed by atoms with van der Waals surface area (Å²) in [5.74, 6) is 1.79. The fraction of sp³-hybridized carbons (Fsp3) is 0.875. The van der Waals surface area contributed by atoms with Crippen molar-refractivity contribution in [2.45, 2.75) is 53.9 Å². The Balaban J connectivity index is 2.35. The highest BCUT2D eigenvalue weighted by atomic mass is 16.2. The van der Waals surface area contributed by atoms with Crippen molar-refractivity contribution >= 4 is 11.8 Å². The molecule has 0 bridgehead atoms. The molecule has 2 fully saturated rings. The molecule has 2 rings (SSSR count). The van der Waals surface area contributed by atoms with Crippen molar-refractivity contribution in [2.75, 3.05) is 0 Å². The van der Waals surface area contributed by atoms with Gasteiger partial charge in [-0.3, -0.25) is 14.9 Å². The number of rotatable bonds is 2. The maximum atomic E-state index is 12.4. The highest BCUT2D eigenvalue weighted by molar-refractivity contribution is 6.07. The lowest BCUT2D eigenvalue weighted by Crippen LogP contribution is -2.46. The van der Waals surface area contributed by atoms with Gasteiger partial charge in [0.1, 0.15) is 0 Å². The summed E-state index contributed by atoms with van der Waals surface area (Å²) < 4.78 is 0. The lowest BCUT2D eigenvalue weighted by molar-refractivity contribution is -0.134. The average Bonchev–Trinajstić information content (AvgIpc) is 2.53. The van der Waals surface area contributed by atoms with Crippen molar-refractivity contribution < 1.29 is 9.59 Å². The molecule has 2 aliphatic rings. The van der Waals surface area contributed by atoms with Crippen molar-refractivity contribution in [3.8, 4) is 0 Å². The first-order chi connectivity index (χ1) is 8.78. The van der Waals surface area contributed by atoms with E-state index >= 15 is 0 Å². The molecule has 1 aliphatic carbocycles. The molecule has 0 aromatic rings. The Hall–Kier alpha value is -0.860. The Bertz CT molecular complexity index is 390. The molecule has 0 aromatic carbocycles. The number of amides is 2. The van der Waals surface area contributed by atoms with E-state index in [0.717, 1.165) is 6.42 Å². The summed E-state index contributed by atoms with van der Waals surface area (Å²) in [6.45, 7) is 10.7. The van der Waals surface area contributed by atoms with Crippen LogP contribution in [0.25, 0.3) is 0 Å². The van der Waals surface area contributed by atoms with Crippen LogP contribution >= 0.6 is 0 Å². The summed E-state index contributed by atoms with van der Waals surface area (Å²) >= 11 is 0. The van der Waals surface area contributed by atoms with Crippen LogP contribution in [0.1, 0.15) is 53.9 Å². The number of nitrogens with one attached hydrogen (secondary N) is 1. The Morgan fingerprint density at radius 1 is 1.21 bits per heavy atom. The third-order valence-electron chi connectivity index (χ3n) is 5.81. The first-order valence-corrected chi connectivity index (χ1v) is 7.63. The molecule has 1 saturated carbocycles. The molecule has 1 saturated heterocycles. The SMILES string of the molecule is CC1CCC(C(C)C)C(C2(C)C(=O)NC(=O)C2C)C1. The Labute approximate surface area is 116 Å². The van der Waals surface area contributed by atoms with Gasteiger partial charge in [-0.25, -0.2) is 0 Å². The van der Waals surface area contributed by atoms with Gasteiger partial charge in [-0.2, -0.15) is 0 Å². The van der Waals surface area contributed by atoms with E-state index < -0.39 is 5.41 Å². The summed E-state index contributed by atoms with van der Waals surface area (Å²) in [4.78, 5) is 24.2. The van der Waals surface area contributed by atoms with Gasteiger partial charge in [-0.1, -0.05) is 34.1 Å². The van der Waals surface area contributed by atoms with Gasteiger partial charge < -0.3 is 0 Å². The Morgan fingerprint density at radius 3 is 2.32 bits per heavy atom. The van der Waals surface area contributed by atoms with E-state index in [9.17, 15) is 9.59 Å². The van der Waals surface area contributed by atoms with Crippen molar-refractivity contribution in [1.82, 2.24) is 5.32 Å². The molecule has 5 atom stereocenters. The van der Waals surface area contributed by atoms with Gasteiger partial charge in [0.05, 0.1) is 5.41 Å². The molecule has 5 unspecified atom stereocenters. The number of carbonyl (C=O) groups is 2. The van der Waals surface area contributed by atoms with E-state index in [1.54, 1.807) is 0 Å². The smallest absolute Gasteiger partial charge is 0.233 e. The van der Waals surface area contributed by atoms with Crippen LogP contribution in [-0.4, -0.2) is 11.8 Å². The third kappa shape index (κ3) is 2.21. The van der Waals surface area contributed by atoms with Gasteiger partial charge in [0.15, 0.2) is 0 Å². The van der Waals surface area contributed by atoms with Gasteiger partial charge >= 0.3 is 0 Å². The van der Waals surface area contributed by atoms with Crippen LogP contribution in [0, 0.1) is 35.0 Å². The number of hydrogen-bond acceptors (Lipinski definition) is 2. The zero-order valence-corrected chi connectivity index (χ0v) is 12.8. The summed E-state index contributed by atoms with van der Waals surface area (Å²) in [5, 5.41) is 2.55. The van der Waals surface area contributed by atoms with E-state index in [-0.39, 0.29) is 17.7 Å². The van der Waals surface area contributed by atoms with Gasteiger partial charge in [-0.15, -0.1) is 0 Å². The molecule has 2 amide bonds. The molecular formula is C16H27NO2. The van der Waals surface area contributed by atoms with Gasteiger partial charge in [0, 0.05) is 5.92 Å². The molecule has 3 heteroatoms. The number of carbonyl (C=O) groups excluding carboxylic acids is 2. The maximum Gasteiger partial charge on any atom is 0.233 e. The van der Waals surface area contributed by atoms with Crippen LogP contribution in [-0.2, 0) is 9.59 Å². The zero-order valence-electron chi connectivity index (χ0n) is 12.8. The number of imide groups is 1. The quantitative estimate of drug-likeness (QED) is 0.780. The molecule has 1 aliphatic heterocycles. The van der Waals surface area contributed by atoms with Crippen LogP contribution in [0.3, 0.4) is 0 Å². The van der Waals surface area contributed by atoms with Crippen molar-refractivity contribution in [1.29, 1.82) is 0 Å². The topological polar surface area (TPSA) is 46.2 Å². The molecule has 0 radical (unpaired) electrons. The maximum absolute atomic E-state index is 12.4. The van der Waals surface area contributed by atoms with E-state index in [2.05, 4.69) is 26.1 Å². The van der Waals surface area contributed by atoms with E-state index in [4.69, 9.17) is 0 Å². The minimum atomic E-state index is -0.513. The summed E-state index contributed by atoms with van der Waals surface area (Å²) in [6, 6.07) is 0. The standard InChI is InChI=1S/C16H27NO2/c1-9(2)12-7-6-10(3)8-13(12)16(5)11(4)14(18)17-15(16)19/h9-13H,6-8H2,1-5H3,(H,17,18,19). The molecule has 1 N–H and O–H groups in total. The zero-order chi connectivity index (χ0) is 14.4. The Kier molecular flexibility index (Phi) is 3.76. The second-order valence-corrected chi connectivity index (χ2v) is 7.26. The molecule has 19 heavy (non-hydrogen) atoms. The lowest BCUT2D eigenvalue weighted by Gasteiger charge is -2.46. The monoisotopic (exact) mass is 265 g/mol. The van der Waals surface area contributed by atoms with E-state index in [0.29, 0.717) is 23.7 Å². The highest BCUT2D eigenvalue weighted by Gasteiger charge is 2.56. The lowest BCUT2D eigenvalue weighted by atomic mass is 9.57. The third-order valence-corrected chi connectivity index (χ3v) is 5.81. The van der Waals surface area contributed by atoms with Gasteiger partial charge in [-0.05, 0) is 43.4 Å². The average molecular weight is 265 g/mol. The van der Waals surface area contributed by atoms with Crippen molar-refractivity contribution in [3.05, 3.63) is 0 Å². The van der Waals surface area contributed by atoms with Gasteiger partial charge in [0.2, 0.25) is 11.8 Å². The van der Waals surface area contributed by atoms with E-state index in [1.165, 1.54) is 12.8 Å². The van der Waals surface area contributed by atoms with Crippen molar-refractivity contribution in [3.63, 3.8) is 0 Å². The minimum absolute atomic E-state index is 0.0465. The second-order valence-electron chi connectivity index (χ2n) is 7.26. The fourth-order valence-electron chi connectivity index (χ4n) is 4.21. The van der Waals surface area contributed by atoms with E-state index in [1.807, 2.05) is 13.8 Å². The van der Waals surface area contributed by atoms with Gasteiger partial charge in [0.25, 0.3) is 0 Å². The summed E-state index contributed by atoms with van der Waals surface area (Å²) in [5.41, 5.74) is -0.513. The highest BCUT2D eigenvalue weighted by Crippen LogP contribution is 2.52. The van der Waals surface area contributed by atoms with Crippen LogP contribution in [0.2, 0.25) is 0 Å². The fourth-order valence-corrected chi connectivity index (χ4v) is 4.21. The van der Waals surface area contributed by atoms with Crippen LogP contribution in [0.5, 0.6) is 0 Å². The predicted molar refractivity (Wildman–Crippen MR) is 75.3 cm³/mol. The largest absolute Gasteiger partial charge is 0.296 e. The molecule has 1 heterocycles. The van der Waals surface area contributed by atoms with Crippen LogP contribution in [0.4, 0.5) is 0 Å². The summed E-state index contributed by atoms with van der Waals surface area (Å²) in [7, 11) is 0. The second kappa shape index (κ2) is 4.92. The normalized spacial score (nSPS) is 43.7. The number of hydrogen-bond donors (Lipinski definition) is 1.